The molecule has 0 saturated heterocycles. The van der Waals surface area contributed by atoms with Gasteiger partial charge in [0.05, 0.1) is 4.92 Å². The Labute approximate surface area is 153 Å². The normalized spacial score (nSPS) is 11.9. The van der Waals surface area contributed by atoms with Crippen LogP contribution in [-0.2, 0) is 9.53 Å². The molecule has 2 aromatic rings. The number of ether oxygens (including phenoxy) is 1. The van der Waals surface area contributed by atoms with E-state index in [1.165, 1.54) is 12.1 Å². The molecule has 0 unspecified atom stereocenters. The fourth-order valence-electron chi connectivity index (χ4n) is 2.12. The highest BCUT2D eigenvalue weighted by Gasteiger charge is 2.30. The lowest BCUT2D eigenvalue weighted by atomic mass is 10.1. The van der Waals surface area contributed by atoms with E-state index in [0.717, 1.165) is 12.1 Å². The molecule has 10 heteroatoms. The summed E-state index contributed by atoms with van der Waals surface area (Å²) in [6.45, 7) is 4.98. The lowest BCUT2D eigenvalue weighted by Gasteiger charge is -2.20. The lowest BCUT2D eigenvalue weighted by Crippen LogP contribution is -2.36. The van der Waals surface area contributed by atoms with Crippen LogP contribution >= 0.6 is 11.6 Å². The highest BCUT2D eigenvalue weighted by atomic mass is 35.5. The van der Waals surface area contributed by atoms with E-state index in [-0.39, 0.29) is 16.4 Å². The number of nitrogens with one attached hydrogen (secondary N) is 1. The molecule has 9 nitrogen and oxygen atoms in total. The van der Waals surface area contributed by atoms with Gasteiger partial charge in [-0.2, -0.15) is 0 Å². The van der Waals surface area contributed by atoms with Crippen molar-refractivity contribution < 1.29 is 23.8 Å². The monoisotopic (exact) mass is 381 g/mol. The fourth-order valence-corrected chi connectivity index (χ4v) is 2.30. The molecule has 26 heavy (non-hydrogen) atoms. The average molecular weight is 382 g/mol. The molecule has 0 radical (unpaired) electrons. The van der Waals surface area contributed by atoms with Gasteiger partial charge in [-0.15, -0.1) is 0 Å². The molecule has 1 atom stereocenters. The summed E-state index contributed by atoms with van der Waals surface area (Å²) in [5, 5.41) is 17.3. The Morgan fingerprint density at radius 3 is 2.58 bits per heavy atom. The molecule has 0 saturated carbocycles. The fraction of sp³-hybridized carbons (Fsp3) is 0.312. The van der Waals surface area contributed by atoms with E-state index in [1.54, 1.807) is 20.8 Å². The van der Waals surface area contributed by atoms with E-state index in [9.17, 15) is 19.7 Å². The molecule has 0 spiro atoms. The van der Waals surface area contributed by atoms with E-state index in [4.69, 9.17) is 20.9 Å². The molecule has 1 heterocycles. The van der Waals surface area contributed by atoms with Crippen LogP contribution in [0.3, 0.4) is 0 Å². The highest BCUT2D eigenvalue weighted by molar-refractivity contribution is 6.31. The Hall–Kier alpha value is -2.94. The van der Waals surface area contributed by atoms with E-state index in [1.807, 2.05) is 0 Å². The van der Waals surface area contributed by atoms with Crippen LogP contribution in [0.4, 0.5) is 11.5 Å². The van der Waals surface area contributed by atoms with Gasteiger partial charge in [-0.1, -0.05) is 30.6 Å². The number of rotatable bonds is 6. The van der Waals surface area contributed by atoms with Crippen molar-refractivity contribution in [3.8, 4) is 0 Å². The number of esters is 1. The Balaban J connectivity index is 2.22. The van der Waals surface area contributed by atoms with Crippen molar-refractivity contribution in [2.45, 2.75) is 26.9 Å². The van der Waals surface area contributed by atoms with Gasteiger partial charge in [-0.05, 0) is 25.0 Å². The second kappa shape index (κ2) is 7.96. The number of anilines is 1. The number of nitro benzene ring substituents is 1. The first kappa shape index (κ1) is 19.4. The highest BCUT2D eigenvalue weighted by Crippen LogP contribution is 2.25. The van der Waals surface area contributed by atoms with Gasteiger partial charge in [-0.3, -0.25) is 14.9 Å². The van der Waals surface area contributed by atoms with Crippen molar-refractivity contribution in [2.24, 2.45) is 5.92 Å². The summed E-state index contributed by atoms with van der Waals surface area (Å²) >= 11 is 5.81. The number of carbonyl (C=O) groups is 2. The maximum atomic E-state index is 12.4. The number of benzene rings is 1. The van der Waals surface area contributed by atoms with Crippen LogP contribution in [0, 0.1) is 23.0 Å². The summed E-state index contributed by atoms with van der Waals surface area (Å²) in [4.78, 5) is 35.1. The first-order valence-electron chi connectivity index (χ1n) is 7.58. The van der Waals surface area contributed by atoms with Gasteiger partial charge >= 0.3 is 5.97 Å². The third-order valence-corrected chi connectivity index (χ3v) is 3.59. The zero-order valence-corrected chi connectivity index (χ0v) is 14.9. The molecule has 0 aliphatic rings. The molecule has 1 aromatic carbocycles. The van der Waals surface area contributed by atoms with Gasteiger partial charge in [0.2, 0.25) is 0 Å². The first-order chi connectivity index (χ1) is 12.2. The number of carbonyl (C=O) groups excluding carboxylic acids is 2. The van der Waals surface area contributed by atoms with Gasteiger partial charge in [-0.25, -0.2) is 4.79 Å². The SMILES string of the molecule is Cc1cc(NC(=O)[C@@H](OC(=O)c2cc(Cl)ccc2[N+](=O)[O-])C(C)C)no1. The minimum atomic E-state index is -1.20. The van der Waals surface area contributed by atoms with Gasteiger partial charge in [0.25, 0.3) is 11.6 Å². The van der Waals surface area contributed by atoms with Gasteiger partial charge < -0.3 is 14.6 Å². The topological polar surface area (TPSA) is 125 Å². The van der Waals surface area contributed by atoms with Crippen LogP contribution in [0.15, 0.2) is 28.8 Å². The second-order valence-electron chi connectivity index (χ2n) is 5.80. The van der Waals surface area contributed by atoms with E-state index in [0.29, 0.717) is 5.76 Å². The van der Waals surface area contributed by atoms with E-state index >= 15 is 0 Å². The molecule has 0 aliphatic carbocycles. The van der Waals surface area contributed by atoms with Crippen LogP contribution in [0.5, 0.6) is 0 Å². The smallest absolute Gasteiger partial charge is 0.346 e. The van der Waals surface area contributed by atoms with Gasteiger partial charge in [0.15, 0.2) is 11.9 Å². The van der Waals surface area contributed by atoms with Crippen molar-refractivity contribution in [1.82, 2.24) is 5.16 Å². The molecule has 0 fully saturated rings. The van der Waals surface area contributed by atoms with Crippen molar-refractivity contribution in [2.75, 3.05) is 5.32 Å². The zero-order valence-electron chi connectivity index (χ0n) is 14.2. The molecule has 1 aromatic heterocycles. The minimum absolute atomic E-state index is 0.131. The molecule has 0 aliphatic heterocycles. The maximum Gasteiger partial charge on any atom is 0.346 e. The van der Waals surface area contributed by atoms with Crippen molar-refractivity contribution in [1.29, 1.82) is 0 Å². The second-order valence-corrected chi connectivity index (χ2v) is 6.24. The summed E-state index contributed by atoms with van der Waals surface area (Å²) in [7, 11) is 0. The molecule has 1 N–H and O–H groups in total. The predicted octanol–water partition coefficient (Wildman–Crippen LogP) is 3.36. The van der Waals surface area contributed by atoms with Gasteiger partial charge in [0.1, 0.15) is 11.3 Å². The van der Waals surface area contributed by atoms with Gasteiger partial charge in [0, 0.05) is 17.2 Å². The molecular formula is C16H16ClN3O6. The Kier molecular flexibility index (Phi) is 5.93. The summed E-state index contributed by atoms with van der Waals surface area (Å²) in [5.41, 5.74) is -0.798. The molecule has 1 amide bonds. The number of nitro groups is 1. The van der Waals surface area contributed by atoms with E-state index < -0.39 is 34.5 Å². The van der Waals surface area contributed by atoms with Crippen molar-refractivity contribution in [3.63, 3.8) is 0 Å². The van der Waals surface area contributed by atoms with Crippen LogP contribution in [0.25, 0.3) is 0 Å². The number of aromatic nitrogens is 1. The first-order valence-corrected chi connectivity index (χ1v) is 7.96. The largest absolute Gasteiger partial charge is 0.448 e. The van der Waals surface area contributed by atoms with Crippen LogP contribution in [0.2, 0.25) is 5.02 Å². The lowest BCUT2D eigenvalue weighted by molar-refractivity contribution is -0.385. The molecule has 138 valence electrons. The number of halogens is 1. The summed E-state index contributed by atoms with van der Waals surface area (Å²) in [6, 6.07) is 5.01. The average Bonchev–Trinajstić information content (AvgIpc) is 2.96. The standard InChI is InChI=1S/C16H16ClN3O6/c1-8(2)14(15(21)18-13-6-9(3)26-19-13)25-16(22)11-7-10(17)4-5-12(11)20(23)24/h4-8,14H,1-3H3,(H,18,19,21)/t14-/m0/s1. The Morgan fingerprint density at radius 1 is 1.35 bits per heavy atom. The van der Waals surface area contributed by atoms with Crippen LogP contribution in [0.1, 0.15) is 30.0 Å². The Bertz CT molecular complexity index is 848. The predicted molar refractivity (Wildman–Crippen MR) is 92.0 cm³/mol. The van der Waals surface area contributed by atoms with Crippen LogP contribution < -0.4 is 5.32 Å². The van der Waals surface area contributed by atoms with Crippen molar-refractivity contribution in [3.05, 3.63) is 50.7 Å². The molecule has 2 rings (SSSR count). The Morgan fingerprint density at radius 2 is 2.04 bits per heavy atom. The molecule has 0 bridgehead atoms. The number of amides is 1. The van der Waals surface area contributed by atoms with Crippen LogP contribution in [-0.4, -0.2) is 28.1 Å². The zero-order chi connectivity index (χ0) is 19.4. The number of hydrogen-bond acceptors (Lipinski definition) is 7. The number of hydrogen-bond donors (Lipinski definition) is 1. The van der Waals surface area contributed by atoms with E-state index in [2.05, 4.69) is 10.5 Å². The minimum Gasteiger partial charge on any atom is -0.448 e. The summed E-state index contributed by atoms with van der Waals surface area (Å²) < 4.78 is 10.1. The maximum absolute atomic E-state index is 12.4. The quantitative estimate of drug-likeness (QED) is 0.462. The van der Waals surface area contributed by atoms with Crippen molar-refractivity contribution >= 4 is 35.0 Å². The number of nitrogens with zero attached hydrogens (tertiary/aromatic N) is 2. The summed E-state index contributed by atoms with van der Waals surface area (Å²) in [5.74, 6) is -1.39. The summed E-state index contributed by atoms with van der Waals surface area (Å²) in [6.07, 6.45) is -1.20. The molecular weight excluding hydrogens is 366 g/mol. The third-order valence-electron chi connectivity index (χ3n) is 3.35. The third kappa shape index (κ3) is 4.57. The number of aryl methyl sites for hydroxylation is 1.